The van der Waals surface area contributed by atoms with E-state index >= 15 is 0 Å². The van der Waals surface area contributed by atoms with Gasteiger partial charge in [-0.2, -0.15) is 0 Å². The van der Waals surface area contributed by atoms with Gasteiger partial charge in [-0.3, -0.25) is 4.98 Å². The van der Waals surface area contributed by atoms with Gasteiger partial charge in [0.05, 0.1) is 17.7 Å². The van der Waals surface area contributed by atoms with Gasteiger partial charge < -0.3 is 10.2 Å². The molecule has 2 aromatic carbocycles. The second-order valence-corrected chi connectivity index (χ2v) is 9.65. The van der Waals surface area contributed by atoms with Gasteiger partial charge in [-0.1, -0.05) is 52.0 Å². The van der Waals surface area contributed by atoms with E-state index < -0.39 is 0 Å². The van der Waals surface area contributed by atoms with Crippen molar-refractivity contribution in [2.45, 2.75) is 71.5 Å². The summed E-state index contributed by atoms with van der Waals surface area (Å²) in [6, 6.07) is 18.4. The molecule has 1 heterocycles. The maximum Gasteiger partial charge on any atom is 0.0598 e. The van der Waals surface area contributed by atoms with Crippen LogP contribution in [0.4, 0.5) is 0 Å². The molecule has 0 saturated heterocycles. The molecule has 3 nitrogen and oxygen atoms in total. The summed E-state index contributed by atoms with van der Waals surface area (Å²) in [5.41, 5.74) is 6.89. The monoisotopic (exact) mass is 609 g/mol. The van der Waals surface area contributed by atoms with Gasteiger partial charge in [0.25, 0.3) is 0 Å². The summed E-state index contributed by atoms with van der Waals surface area (Å²) in [6.07, 6.45) is 3.66. The third kappa shape index (κ3) is 5.31. The summed E-state index contributed by atoms with van der Waals surface area (Å²) in [7, 11) is 0. The Balaban J connectivity index is 0.000000220. The van der Waals surface area contributed by atoms with Crippen molar-refractivity contribution in [2.75, 3.05) is 0 Å². The molecule has 1 radical (unpaired) electrons. The van der Waals surface area contributed by atoms with Crippen LogP contribution in [0.1, 0.15) is 62.1 Å². The molecule has 32 heavy (non-hydrogen) atoms. The first kappa shape index (κ1) is 25.0. The molecule has 1 aromatic heterocycles. The van der Waals surface area contributed by atoms with Crippen LogP contribution in [-0.4, -0.2) is 27.4 Å². The van der Waals surface area contributed by atoms with Crippen molar-refractivity contribution in [3.63, 3.8) is 0 Å². The zero-order valence-electron chi connectivity index (χ0n) is 19.4. The van der Waals surface area contributed by atoms with Crippen LogP contribution in [0, 0.1) is 31.7 Å². The number of aliphatic hydroxyl groups excluding tert-OH is 2. The summed E-state index contributed by atoms with van der Waals surface area (Å²) in [4.78, 5) is 4.84. The summed E-state index contributed by atoms with van der Waals surface area (Å²) >= 11 is 0. The van der Waals surface area contributed by atoms with E-state index in [0.717, 1.165) is 48.0 Å². The standard InChI is InChI=1S/C20H20N.C8H14O2.Ir/c1-13(2)17-6-5-7-20-18(17)8-9-19(21-20)16-11-14(3)10-15(4)12-16;9-6-3-1-5-2-4-7(10)8(5)6;/h5-11,13H,1-4H3;5-10H,1-4H2;/q-1;;. The van der Waals surface area contributed by atoms with Crippen LogP contribution in [0.25, 0.3) is 22.2 Å². The summed E-state index contributed by atoms with van der Waals surface area (Å²) in [5.74, 6) is 1.36. The molecule has 2 aliphatic carbocycles. The molecule has 5 rings (SSSR count). The molecule has 2 atom stereocenters. The zero-order valence-corrected chi connectivity index (χ0v) is 21.8. The van der Waals surface area contributed by atoms with E-state index in [4.69, 9.17) is 4.98 Å². The Morgan fingerprint density at radius 3 is 2.22 bits per heavy atom. The number of aryl methyl sites for hydroxylation is 2. The predicted molar refractivity (Wildman–Crippen MR) is 127 cm³/mol. The van der Waals surface area contributed by atoms with Crippen molar-refractivity contribution in [3.05, 3.63) is 65.2 Å². The maximum atomic E-state index is 9.41. The Morgan fingerprint density at radius 2 is 1.62 bits per heavy atom. The largest absolute Gasteiger partial charge is 0.393 e. The molecular formula is C28H34IrNO2-. The SMILES string of the molecule is Cc1[c-]c(-c2ccc3c(C(C)C)cccc3n2)cc(C)c1.OC1CCC2CCC(O)C12.[Ir]. The first-order chi connectivity index (χ1) is 14.8. The predicted octanol–water partition coefficient (Wildman–Crippen LogP) is 5.97. The first-order valence-electron chi connectivity index (χ1n) is 11.6. The second kappa shape index (κ2) is 10.6. The molecule has 2 aliphatic rings. The number of aromatic nitrogens is 1. The Labute approximate surface area is 205 Å². The molecule has 4 heteroatoms. The normalized spacial score (nSPS) is 24.1. The minimum Gasteiger partial charge on any atom is -0.393 e. The first-order valence-corrected chi connectivity index (χ1v) is 11.6. The topological polar surface area (TPSA) is 53.4 Å². The average Bonchev–Trinajstić information content (AvgIpc) is 3.29. The van der Waals surface area contributed by atoms with E-state index in [1.807, 2.05) is 0 Å². The van der Waals surface area contributed by atoms with Crippen molar-refractivity contribution >= 4 is 10.9 Å². The van der Waals surface area contributed by atoms with E-state index in [9.17, 15) is 10.2 Å². The van der Waals surface area contributed by atoms with Gasteiger partial charge in [-0.15, -0.1) is 34.9 Å². The van der Waals surface area contributed by atoms with Crippen molar-refractivity contribution in [2.24, 2.45) is 11.8 Å². The number of hydrogen-bond acceptors (Lipinski definition) is 3. The van der Waals surface area contributed by atoms with Crippen LogP contribution in [0.15, 0.2) is 42.5 Å². The van der Waals surface area contributed by atoms with E-state index in [2.05, 4.69) is 76.2 Å². The molecule has 2 N–H and O–H groups in total. The van der Waals surface area contributed by atoms with Crippen molar-refractivity contribution in [1.29, 1.82) is 0 Å². The minimum atomic E-state index is -0.206. The minimum absolute atomic E-state index is 0. The van der Waals surface area contributed by atoms with Crippen LogP contribution in [-0.2, 0) is 20.1 Å². The molecule has 173 valence electrons. The van der Waals surface area contributed by atoms with Gasteiger partial charge in [0.1, 0.15) is 0 Å². The molecule has 2 unspecified atom stereocenters. The quantitative estimate of drug-likeness (QED) is 0.353. The van der Waals surface area contributed by atoms with Crippen LogP contribution < -0.4 is 0 Å². The fourth-order valence-electron chi connectivity index (χ4n) is 5.43. The Morgan fingerprint density at radius 1 is 0.938 bits per heavy atom. The molecule has 0 aliphatic heterocycles. The van der Waals surface area contributed by atoms with Crippen molar-refractivity contribution < 1.29 is 30.3 Å². The zero-order chi connectivity index (χ0) is 22.1. The van der Waals surface area contributed by atoms with E-state index in [0.29, 0.717) is 11.8 Å². The molecule has 0 amide bonds. The van der Waals surface area contributed by atoms with Crippen molar-refractivity contribution in [3.8, 4) is 11.3 Å². The molecule has 3 aromatic rings. The fraction of sp³-hybridized carbons (Fsp3) is 0.464. The van der Waals surface area contributed by atoms with Gasteiger partial charge >= 0.3 is 0 Å². The molecular weight excluding hydrogens is 575 g/mol. The third-order valence-corrected chi connectivity index (χ3v) is 6.91. The number of fused-ring (bicyclic) bond motifs is 2. The summed E-state index contributed by atoms with van der Waals surface area (Å²) in [5, 5.41) is 20.1. The Hall–Kier alpha value is -1.58. The van der Waals surface area contributed by atoms with E-state index in [1.54, 1.807) is 0 Å². The summed E-state index contributed by atoms with van der Waals surface area (Å²) < 4.78 is 0. The summed E-state index contributed by atoms with van der Waals surface area (Å²) in [6.45, 7) is 8.64. The van der Waals surface area contributed by atoms with E-state index in [1.165, 1.54) is 16.5 Å². The number of aliphatic hydroxyl groups is 2. The van der Waals surface area contributed by atoms with E-state index in [-0.39, 0.29) is 38.2 Å². The molecule has 2 fully saturated rings. The van der Waals surface area contributed by atoms with Crippen LogP contribution in [0.2, 0.25) is 0 Å². The average molecular weight is 609 g/mol. The maximum absolute atomic E-state index is 9.41. The Bertz CT molecular complexity index is 1030. The van der Waals surface area contributed by atoms with Crippen LogP contribution >= 0.6 is 0 Å². The van der Waals surface area contributed by atoms with Crippen molar-refractivity contribution in [1.82, 2.24) is 4.98 Å². The fourth-order valence-corrected chi connectivity index (χ4v) is 5.43. The second-order valence-electron chi connectivity index (χ2n) is 9.65. The smallest absolute Gasteiger partial charge is 0.0598 e. The molecule has 2 saturated carbocycles. The van der Waals surface area contributed by atoms with Gasteiger partial charge in [0.15, 0.2) is 0 Å². The third-order valence-electron chi connectivity index (χ3n) is 6.91. The van der Waals surface area contributed by atoms with Crippen LogP contribution in [0.3, 0.4) is 0 Å². The number of hydrogen-bond donors (Lipinski definition) is 2. The van der Waals surface area contributed by atoms with Gasteiger partial charge in [0, 0.05) is 31.4 Å². The number of nitrogens with zero attached hydrogens (tertiary/aromatic N) is 1. The van der Waals surface area contributed by atoms with Gasteiger partial charge in [0.2, 0.25) is 0 Å². The molecule has 0 bridgehead atoms. The van der Waals surface area contributed by atoms with Gasteiger partial charge in [-0.05, 0) is 54.8 Å². The number of benzene rings is 2. The van der Waals surface area contributed by atoms with Crippen LogP contribution in [0.5, 0.6) is 0 Å². The van der Waals surface area contributed by atoms with Gasteiger partial charge in [-0.25, -0.2) is 0 Å². The number of rotatable bonds is 2. The Kier molecular flexibility index (Phi) is 8.27. The molecule has 0 spiro atoms. The number of pyridine rings is 1.